The van der Waals surface area contributed by atoms with Crippen molar-refractivity contribution >= 4 is 23.2 Å². The van der Waals surface area contributed by atoms with Crippen LogP contribution in [0, 0.1) is 0 Å². The molecule has 0 N–H and O–H groups in total. The molecule has 1 heterocycles. The number of anilines is 1. The van der Waals surface area contributed by atoms with E-state index in [-0.39, 0.29) is 11.9 Å². The number of halogens is 1. The Morgan fingerprint density at radius 2 is 1.20 bits per heavy atom. The number of hydrogen-bond donors (Lipinski definition) is 0. The normalized spacial score (nSPS) is 17.4. The Bertz CT molecular complexity index is 1140. The Labute approximate surface area is 181 Å². The van der Waals surface area contributed by atoms with E-state index < -0.39 is 5.41 Å². The number of amides is 1. The lowest BCUT2D eigenvalue weighted by Crippen LogP contribution is -2.67. The van der Waals surface area contributed by atoms with Crippen molar-refractivity contribution < 1.29 is 4.79 Å². The van der Waals surface area contributed by atoms with Crippen molar-refractivity contribution in [2.75, 3.05) is 4.90 Å². The molecule has 1 unspecified atom stereocenters. The number of benzene rings is 4. The van der Waals surface area contributed by atoms with E-state index in [4.69, 9.17) is 11.6 Å². The molecule has 146 valence electrons. The molecular formula is C27H20ClNO. The summed E-state index contributed by atoms with van der Waals surface area (Å²) < 4.78 is 0. The Hall–Kier alpha value is -3.36. The summed E-state index contributed by atoms with van der Waals surface area (Å²) in [5, 5.41) is 0.615. The number of nitrogens with zero attached hydrogens (tertiary/aromatic N) is 1. The number of carbonyl (C=O) groups is 1. The fourth-order valence-corrected chi connectivity index (χ4v) is 4.79. The van der Waals surface area contributed by atoms with Crippen LogP contribution in [-0.4, -0.2) is 5.91 Å². The fraction of sp³-hybridized carbons (Fsp3) is 0.0741. The molecule has 0 saturated carbocycles. The molecule has 0 spiro atoms. The van der Waals surface area contributed by atoms with Crippen LogP contribution in [0.3, 0.4) is 0 Å². The van der Waals surface area contributed by atoms with Crippen molar-refractivity contribution in [1.82, 2.24) is 0 Å². The SMILES string of the molecule is O=C1N(c2cccc(Cl)c2)C(c2ccccc2)C1(c1ccccc1)c1ccccc1. The van der Waals surface area contributed by atoms with Gasteiger partial charge >= 0.3 is 0 Å². The Morgan fingerprint density at radius 3 is 1.73 bits per heavy atom. The van der Waals surface area contributed by atoms with E-state index >= 15 is 0 Å². The summed E-state index contributed by atoms with van der Waals surface area (Å²) in [6, 6.07) is 37.7. The minimum atomic E-state index is -0.799. The average Bonchev–Trinajstić information content (AvgIpc) is 2.80. The van der Waals surface area contributed by atoms with Crippen molar-refractivity contribution in [2.24, 2.45) is 0 Å². The number of rotatable bonds is 4. The second kappa shape index (κ2) is 7.47. The molecule has 1 amide bonds. The van der Waals surface area contributed by atoms with E-state index in [1.807, 2.05) is 83.8 Å². The average molecular weight is 410 g/mol. The molecule has 1 saturated heterocycles. The quantitative estimate of drug-likeness (QED) is 0.356. The smallest absolute Gasteiger partial charge is 0.245 e. The van der Waals surface area contributed by atoms with E-state index in [9.17, 15) is 4.79 Å². The summed E-state index contributed by atoms with van der Waals surface area (Å²) in [6.45, 7) is 0. The van der Waals surface area contributed by atoms with Crippen molar-refractivity contribution in [2.45, 2.75) is 11.5 Å². The largest absolute Gasteiger partial charge is 0.302 e. The van der Waals surface area contributed by atoms with Crippen LogP contribution in [0.4, 0.5) is 5.69 Å². The maximum atomic E-state index is 14.1. The van der Waals surface area contributed by atoms with Crippen LogP contribution in [0.5, 0.6) is 0 Å². The molecule has 1 fully saturated rings. The number of hydrogen-bond acceptors (Lipinski definition) is 1. The van der Waals surface area contributed by atoms with E-state index in [1.165, 1.54) is 0 Å². The summed E-state index contributed by atoms with van der Waals surface area (Å²) in [5.41, 5.74) is 3.09. The maximum Gasteiger partial charge on any atom is 0.245 e. The lowest BCUT2D eigenvalue weighted by Gasteiger charge is -2.57. The second-order valence-corrected chi connectivity index (χ2v) is 7.94. The molecule has 1 aliphatic rings. The highest BCUT2D eigenvalue weighted by molar-refractivity contribution is 6.31. The Kier molecular flexibility index (Phi) is 4.65. The third kappa shape index (κ3) is 2.76. The predicted octanol–water partition coefficient (Wildman–Crippen LogP) is 6.41. The molecule has 0 aliphatic carbocycles. The van der Waals surface area contributed by atoms with Crippen LogP contribution in [0.2, 0.25) is 5.02 Å². The van der Waals surface area contributed by atoms with Crippen molar-refractivity contribution in [1.29, 1.82) is 0 Å². The highest BCUT2D eigenvalue weighted by atomic mass is 35.5. The Morgan fingerprint density at radius 1 is 0.667 bits per heavy atom. The van der Waals surface area contributed by atoms with E-state index in [1.54, 1.807) is 0 Å². The first-order valence-corrected chi connectivity index (χ1v) is 10.4. The fourth-order valence-electron chi connectivity index (χ4n) is 4.61. The van der Waals surface area contributed by atoms with Crippen LogP contribution in [0.25, 0.3) is 0 Å². The molecule has 30 heavy (non-hydrogen) atoms. The predicted molar refractivity (Wildman–Crippen MR) is 122 cm³/mol. The molecule has 0 radical (unpaired) electrons. The van der Waals surface area contributed by atoms with Crippen molar-refractivity contribution in [3.05, 3.63) is 137 Å². The Balaban J connectivity index is 1.78. The van der Waals surface area contributed by atoms with E-state index in [0.29, 0.717) is 5.02 Å². The molecule has 1 atom stereocenters. The van der Waals surface area contributed by atoms with Gasteiger partial charge in [-0.1, -0.05) is 109 Å². The topological polar surface area (TPSA) is 20.3 Å². The van der Waals surface area contributed by atoms with Gasteiger partial charge in [-0.15, -0.1) is 0 Å². The minimum absolute atomic E-state index is 0.0519. The number of β-lactam (4-membered cyclic amide) rings is 1. The van der Waals surface area contributed by atoms with Gasteiger partial charge in [0.1, 0.15) is 5.41 Å². The first-order chi connectivity index (χ1) is 14.7. The highest BCUT2D eigenvalue weighted by Crippen LogP contribution is 2.57. The molecular weight excluding hydrogens is 390 g/mol. The summed E-state index contributed by atoms with van der Waals surface area (Å²) in [5.74, 6) is 0.0519. The van der Waals surface area contributed by atoms with Gasteiger partial charge in [0.15, 0.2) is 0 Å². The van der Waals surface area contributed by atoms with Gasteiger partial charge in [-0.3, -0.25) is 4.79 Å². The van der Waals surface area contributed by atoms with Crippen LogP contribution in [0.1, 0.15) is 22.7 Å². The van der Waals surface area contributed by atoms with Crippen molar-refractivity contribution in [3.8, 4) is 0 Å². The zero-order valence-electron chi connectivity index (χ0n) is 16.3. The molecule has 2 nitrogen and oxygen atoms in total. The highest BCUT2D eigenvalue weighted by Gasteiger charge is 2.63. The summed E-state index contributed by atoms with van der Waals surface area (Å²) >= 11 is 6.28. The summed E-state index contributed by atoms with van der Waals surface area (Å²) in [4.78, 5) is 15.9. The maximum absolute atomic E-state index is 14.1. The van der Waals surface area contributed by atoms with Crippen molar-refractivity contribution in [3.63, 3.8) is 0 Å². The van der Waals surface area contributed by atoms with E-state index in [0.717, 1.165) is 22.4 Å². The van der Waals surface area contributed by atoms with Gasteiger partial charge in [0, 0.05) is 10.7 Å². The van der Waals surface area contributed by atoms with Gasteiger partial charge in [-0.2, -0.15) is 0 Å². The second-order valence-electron chi connectivity index (χ2n) is 7.51. The van der Waals surface area contributed by atoms with Crippen LogP contribution >= 0.6 is 11.6 Å². The molecule has 4 aromatic rings. The molecule has 0 bridgehead atoms. The van der Waals surface area contributed by atoms with E-state index in [2.05, 4.69) is 36.4 Å². The summed E-state index contributed by atoms with van der Waals surface area (Å²) in [7, 11) is 0. The third-order valence-electron chi connectivity index (χ3n) is 5.88. The van der Waals surface area contributed by atoms with Gasteiger partial charge in [0.05, 0.1) is 6.04 Å². The monoisotopic (exact) mass is 409 g/mol. The van der Waals surface area contributed by atoms with Gasteiger partial charge in [0.25, 0.3) is 0 Å². The standard InChI is InChI=1S/C27H20ClNO/c28-23-17-10-18-24(19-23)29-25(20-11-4-1-5-12-20)27(26(29)30,21-13-6-2-7-14-21)22-15-8-3-9-16-22/h1-19,25H. The number of carbonyl (C=O) groups excluding carboxylic acids is 1. The first-order valence-electron chi connectivity index (χ1n) is 9.98. The minimum Gasteiger partial charge on any atom is -0.302 e. The van der Waals surface area contributed by atoms with Crippen LogP contribution < -0.4 is 4.90 Å². The van der Waals surface area contributed by atoms with Gasteiger partial charge in [0.2, 0.25) is 5.91 Å². The van der Waals surface area contributed by atoms with Crippen LogP contribution in [0.15, 0.2) is 115 Å². The lowest BCUT2D eigenvalue weighted by molar-refractivity contribution is -0.131. The third-order valence-corrected chi connectivity index (χ3v) is 6.12. The van der Waals surface area contributed by atoms with Crippen LogP contribution in [-0.2, 0) is 10.2 Å². The first kappa shape index (κ1) is 18.7. The zero-order chi connectivity index (χ0) is 20.6. The molecule has 5 rings (SSSR count). The molecule has 4 aromatic carbocycles. The molecule has 3 heteroatoms. The zero-order valence-corrected chi connectivity index (χ0v) is 17.0. The molecule has 0 aromatic heterocycles. The summed E-state index contributed by atoms with van der Waals surface area (Å²) in [6.07, 6.45) is 0. The van der Waals surface area contributed by atoms with Gasteiger partial charge < -0.3 is 4.90 Å². The van der Waals surface area contributed by atoms with Gasteiger partial charge in [-0.25, -0.2) is 0 Å². The lowest BCUT2D eigenvalue weighted by atomic mass is 9.59. The van der Waals surface area contributed by atoms with Gasteiger partial charge in [-0.05, 0) is 34.9 Å². The molecule has 1 aliphatic heterocycles.